The van der Waals surface area contributed by atoms with Crippen LogP contribution < -0.4 is 0 Å². The summed E-state index contributed by atoms with van der Waals surface area (Å²) < 4.78 is 0. The molecule has 3 heterocycles. The molecule has 4 nitrogen and oxygen atoms in total. The maximum Gasteiger partial charge on any atom is 0.258 e. The number of benzene rings is 1. The Balaban J connectivity index is 1.70. The lowest BCUT2D eigenvalue weighted by Crippen LogP contribution is -2.45. The van der Waals surface area contributed by atoms with Gasteiger partial charge in [0.1, 0.15) is 5.82 Å². The highest BCUT2D eigenvalue weighted by Gasteiger charge is 2.35. The van der Waals surface area contributed by atoms with Crippen LogP contribution in [0.5, 0.6) is 0 Å². The van der Waals surface area contributed by atoms with Crippen molar-refractivity contribution < 1.29 is 4.79 Å². The Kier molecular flexibility index (Phi) is 3.86. The van der Waals surface area contributed by atoms with Crippen LogP contribution in [-0.2, 0) is 0 Å². The van der Waals surface area contributed by atoms with E-state index in [2.05, 4.69) is 21.4 Å². The van der Waals surface area contributed by atoms with Crippen molar-refractivity contribution in [2.45, 2.75) is 19.4 Å². The number of likely N-dealkylation sites (tertiary alicyclic amines) is 1. The number of carbonyl (C=O) groups excluding carboxylic acids is 1. The van der Waals surface area contributed by atoms with E-state index in [0.717, 1.165) is 18.5 Å². The molecule has 0 aliphatic carbocycles. The quantitative estimate of drug-likeness (QED) is 0.724. The van der Waals surface area contributed by atoms with Crippen molar-refractivity contribution in [3.8, 4) is 11.3 Å². The SMILES string of the molecule is Cc1ncc(C(=O)N2CC[C@@H]2c2cccs2)c(-c2ccccc2)n1. The van der Waals surface area contributed by atoms with Gasteiger partial charge in [-0.2, -0.15) is 0 Å². The molecule has 0 spiro atoms. The van der Waals surface area contributed by atoms with Gasteiger partial charge >= 0.3 is 0 Å². The van der Waals surface area contributed by atoms with E-state index in [1.807, 2.05) is 48.2 Å². The van der Waals surface area contributed by atoms with Gasteiger partial charge < -0.3 is 4.90 Å². The highest BCUT2D eigenvalue weighted by Crippen LogP contribution is 2.37. The summed E-state index contributed by atoms with van der Waals surface area (Å²) in [5, 5.41) is 2.06. The molecule has 5 heteroatoms. The molecular formula is C19H17N3OS. The molecule has 4 rings (SSSR count). The van der Waals surface area contributed by atoms with Crippen LogP contribution in [0.1, 0.15) is 33.5 Å². The molecule has 24 heavy (non-hydrogen) atoms. The summed E-state index contributed by atoms with van der Waals surface area (Å²) in [5.41, 5.74) is 2.23. The zero-order valence-electron chi connectivity index (χ0n) is 13.3. The topological polar surface area (TPSA) is 46.1 Å². The van der Waals surface area contributed by atoms with Crippen molar-refractivity contribution in [1.29, 1.82) is 0 Å². The minimum absolute atomic E-state index is 0.0125. The number of carbonyl (C=O) groups is 1. The van der Waals surface area contributed by atoms with E-state index in [4.69, 9.17) is 0 Å². The fraction of sp³-hybridized carbons (Fsp3) is 0.211. The maximum atomic E-state index is 13.1. The summed E-state index contributed by atoms with van der Waals surface area (Å²) in [6.45, 7) is 2.63. The predicted molar refractivity (Wildman–Crippen MR) is 94.9 cm³/mol. The monoisotopic (exact) mass is 335 g/mol. The number of nitrogens with zero attached hydrogens (tertiary/aromatic N) is 3. The third-order valence-corrected chi connectivity index (χ3v) is 5.31. The van der Waals surface area contributed by atoms with Crippen LogP contribution in [0.15, 0.2) is 54.0 Å². The van der Waals surface area contributed by atoms with Crippen molar-refractivity contribution in [2.24, 2.45) is 0 Å². The summed E-state index contributed by atoms with van der Waals surface area (Å²) >= 11 is 1.70. The lowest BCUT2D eigenvalue weighted by molar-refractivity contribution is 0.0468. The number of aromatic nitrogens is 2. The lowest BCUT2D eigenvalue weighted by Gasteiger charge is -2.40. The zero-order valence-corrected chi connectivity index (χ0v) is 14.2. The molecule has 0 saturated carbocycles. The smallest absolute Gasteiger partial charge is 0.258 e. The molecule has 1 saturated heterocycles. The van der Waals surface area contributed by atoms with Gasteiger partial charge in [0.25, 0.3) is 5.91 Å². The average Bonchev–Trinajstić information content (AvgIpc) is 3.08. The Morgan fingerprint density at radius 2 is 2.04 bits per heavy atom. The molecule has 1 aliphatic heterocycles. The van der Waals surface area contributed by atoms with E-state index in [1.165, 1.54) is 4.88 Å². The van der Waals surface area contributed by atoms with Crippen LogP contribution in [-0.4, -0.2) is 27.3 Å². The molecule has 0 N–H and O–H groups in total. The van der Waals surface area contributed by atoms with Gasteiger partial charge in [-0.05, 0) is 24.8 Å². The van der Waals surface area contributed by atoms with Gasteiger partial charge in [0.05, 0.1) is 17.3 Å². The van der Waals surface area contributed by atoms with E-state index < -0.39 is 0 Å². The Hall–Kier alpha value is -2.53. The van der Waals surface area contributed by atoms with Crippen LogP contribution in [0.2, 0.25) is 0 Å². The first kappa shape index (κ1) is 15.0. The molecule has 1 aliphatic rings. The van der Waals surface area contributed by atoms with Gasteiger partial charge in [-0.1, -0.05) is 36.4 Å². The normalized spacial score (nSPS) is 16.7. The molecule has 1 amide bonds. The van der Waals surface area contributed by atoms with Crippen molar-refractivity contribution >= 4 is 17.2 Å². The number of amides is 1. The Bertz CT molecular complexity index is 862. The minimum Gasteiger partial charge on any atom is -0.331 e. The number of rotatable bonds is 3. The zero-order chi connectivity index (χ0) is 16.5. The van der Waals surface area contributed by atoms with Gasteiger partial charge in [0.2, 0.25) is 0 Å². The standard InChI is InChI=1S/C19H17N3OS/c1-13-20-12-15(18(21-13)14-6-3-2-4-7-14)19(23)22-10-9-16(22)17-8-5-11-24-17/h2-8,11-12,16H,9-10H2,1H3/t16-/m1/s1. The molecule has 3 aromatic rings. The van der Waals surface area contributed by atoms with Crippen molar-refractivity contribution in [2.75, 3.05) is 6.54 Å². The number of aryl methyl sites for hydroxylation is 1. The average molecular weight is 335 g/mol. The van der Waals surface area contributed by atoms with Gasteiger partial charge in [-0.25, -0.2) is 9.97 Å². The fourth-order valence-corrected chi connectivity index (χ4v) is 3.88. The van der Waals surface area contributed by atoms with E-state index >= 15 is 0 Å². The van der Waals surface area contributed by atoms with Crippen molar-refractivity contribution in [1.82, 2.24) is 14.9 Å². The van der Waals surface area contributed by atoms with Crippen molar-refractivity contribution in [3.63, 3.8) is 0 Å². The van der Waals surface area contributed by atoms with E-state index in [1.54, 1.807) is 17.5 Å². The van der Waals surface area contributed by atoms with Crippen LogP contribution >= 0.6 is 11.3 Å². The summed E-state index contributed by atoms with van der Waals surface area (Å²) in [6, 6.07) is 14.1. The molecule has 1 fully saturated rings. The second kappa shape index (κ2) is 6.17. The summed E-state index contributed by atoms with van der Waals surface area (Å²) in [5.74, 6) is 0.683. The molecule has 1 aromatic carbocycles. The Morgan fingerprint density at radius 3 is 2.71 bits per heavy atom. The molecule has 0 unspecified atom stereocenters. The summed E-state index contributed by atoms with van der Waals surface area (Å²) in [4.78, 5) is 25.0. The first-order valence-electron chi connectivity index (χ1n) is 7.97. The van der Waals surface area contributed by atoms with E-state index in [9.17, 15) is 4.79 Å². The minimum atomic E-state index is 0.0125. The highest BCUT2D eigenvalue weighted by molar-refractivity contribution is 7.10. The second-order valence-electron chi connectivity index (χ2n) is 5.86. The number of hydrogen-bond donors (Lipinski definition) is 0. The van der Waals surface area contributed by atoms with E-state index in [-0.39, 0.29) is 11.9 Å². The highest BCUT2D eigenvalue weighted by atomic mass is 32.1. The van der Waals surface area contributed by atoms with Crippen LogP contribution in [0, 0.1) is 6.92 Å². The molecule has 0 radical (unpaired) electrons. The van der Waals surface area contributed by atoms with Gasteiger partial charge in [-0.15, -0.1) is 11.3 Å². The molecule has 0 bridgehead atoms. The Morgan fingerprint density at radius 1 is 1.21 bits per heavy atom. The maximum absolute atomic E-state index is 13.1. The van der Waals surface area contributed by atoms with Gasteiger partial charge in [0.15, 0.2) is 0 Å². The van der Waals surface area contributed by atoms with Crippen molar-refractivity contribution in [3.05, 3.63) is 70.3 Å². The van der Waals surface area contributed by atoms with Crippen LogP contribution in [0.3, 0.4) is 0 Å². The molecule has 2 aromatic heterocycles. The molecule has 120 valence electrons. The third-order valence-electron chi connectivity index (χ3n) is 4.34. The molecular weight excluding hydrogens is 318 g/mol. The first-order valence-corrected chi connectivity index (χ1v) is 8.85. The Labute approximate surface area is 144 Å². The second-order valence-corrected chi connectivity index (χ2v) is 6.84. The lowest BCUT2D eigenvalue weighted by atomic mass is 9.98. The van der Waals surface area contributed by atoms with Crippen LogP contribution in [0.4, 0.5) is 0 Å². The fourth-order valence-electron chi connectivity index (χ4n) is 3.00. The predicted octanol–water partition coefficient (Wildman–Crippen LogP) is 4.10. The molecule has 1 atom stereocenters. The largest absolute Gasteiger partial charge is 0.331 e. The van der Waals surface area contributed by atoms with Gasteiger partial charge in [-0.3, -0.25) is 4.79 Å². The summed E-state index contributed by atoms with van der Waals surface area (Å²) in [6.07, 6.45) is 2.68. The van der Waals surface area contributed by atoms with E-state index in [0.29, 0.717) is 17.1 Å². The third kappa shape index (κ3) is 2.61. The first-order chi connectivity index (χ1) is 11.7. The van der Waals surface area contributed by atoms with Crippen LogP contribution in [0.25, 0.3) is 11.3 Å². The summed E-state index contributed by atoms with van der Waals surface area (Å²) in [7, 11) is 0. The van der Waals surface area contributed by atoms with Gasteiger partial charge in [0, 0.05) is 23.2 Å². The number of hydrogen-bond acceptors (Lipinski definition) is 4. The number of thiophene rings is 1.